The molecule has 120 valence electrons. The van der Waals surface area contributed by atoms with Crippen molar-refractivity contribution in [1.29, 1.82) is 0 Å². The van der Waals surface area contributed by atoms with Gasteiger partial charge in [-0.2, -0.15) is 0 Å². The standard InChI is InChI=1S/C17H18ClN3O2/c18-15-7-2-1-6-14(15)11-21-17(23)16(22)20-10-13-5-3-4-12(8-13)9-19/h1-8H,9-11,19H2,(H,20,22)(H,21,23). The molecule has 2 aromatic carbocycles. The first-order valence-electron chi connectivity index (χ1n) is 7.17. The Hall–Kier alpha value is -2.37. The third-order valence-electron chi connectivity index (χ3n) is 3.28. The van der Waals surface area contributed by atoms with Crippen LogP contribution in [0.25, 0.3) is 0 Å². The molecular formula is C17H18ClN3O2. The lowest BCUT2D eigenvalue weighted by atomic mass is 10.1. The molecule has 0 unspecified atom stereocenters. The Balaban J connectivity index is 1.83. The van der Waals surface area contributed by atoms with Gasteiger partial charge in [-0.15, -0.1) is 0 Å². The summed E-state index contributed by atoms with van der Waals surface area (Å²) in [6, 6.07) is 14.7. The summed E-state index contributed by atoms with van der Waals surface area (Å²) in [5.74, 6) is -1.38. The molecule has 2 amide bonds. The first-order chi connectivity index (χ1) is 11.1. The van der Waals surface area contributed by atoms with E-state index in [0.29, 0.717) is 11.6 Å². The summed E-state index contributed by atoms with van der Waals surface area (Å²) in [6.07, 6.45) is 0. The first-order valence-corrected chi connectivity index (χ1v) is 7.55. The molecule has 0 aliphatic carbocycles. The number of rotatable bonds is 5. The fraction of sp³-hybridized carbons (Fsp3) is 0.176. The average molecular weight is 332 g/mol. The van der Waals surface area contributed by atoms with Crippen LogP contribution in [-0.2, 0) is 29.2 Å². The fourth-order valence-corrected chi connectivity index (χ4v) is 2.23. The van der Waals surface area contributed by atoms with Crippen molar-refractivity contribution in [3.8, 4) is 0 Å². The molecule has 5 nitrogen and oxygen atoms in total. The van der Waals surface area contributed by atoms with Crippen LogP contribution in [0.2, 0.25) is 5.02 Å². The highest BCUT2D eigenvalue weighted by Crippen LogP contribution is 2.14. The Morgan fingerprint density at radius 3 is 2.26 bits per heavy atom. The third kappa shape index (κ3) is 5.09. The maximum absolute atomic E-state index is 11.8. The highest BCUT2D eigenvalue weighted by molar-refractivity contribution is 6.35. The predicted octanol–water partition coefficient (Wildman–Crippen LogP) is 1.73. The van der Waals surface area contributed by atoms with Gasteiger partial charge in [0.05, 0.1) is 0 Å². The van der Waals surface area contributed by atoms with Gasteiger partial charge in [0.15, 0.2) is 0 Å². The van der Waals surface area contributed by atoms with Gasteiger partial charge in [0.25, 0.3) is 0 Å². The molecule has 0 aliphatic heterocycles. The van der Waals surface area contributed by atoms with Gasteiger partial charge in [0.2, 0.25) is 0 Å². The van der Waals surface area contributed by atoms with Crippen molar-refractivity contribution >= 4 is 23.4 Å². The van der Waals surface area contributed by atoms with E-state index in [4.69, 9.17) is 17.3 Å². The van der Waals surface area contributed by atoms with E-state index in [1.165, 1.54) is 0 Å². The van der Waals surface area contributed by atoms with Crippen LogP contribution in [0, 0.1) is 0 Å². The van der Waals surface area contributed by atoms with Crippen molar-refractivity contribution < 1.29 is 9.59 Å². The van der Waals surface area contributed by atoms with E-state index in [9.17, 15) is 9.59 Å². The van der Waals surface area contributed by atoms with Crippen LogP contribution >= 0.6 is 11.6 Å². The minimum Gasteiger partial charge on any atom is -0.344 e. The van der Waals surface area contributed by atoms with E-state index in [0.717, 1.165) is 16.7 Å². The summed E-state index contributed by atoms with van der Waals surface area (Å²) in [4.78, 5) is 23.6. The molecule has 0 spiro atoms. The monoisotopic (exact) mass is 331 g/mol. The summed E-state index contributed by atoms with van der Waals surface area (Å²) >= 11 is 5.99. The topological polar surface area (TPSA) is 84.2 Å². The van der Waals surface area contributed by atoms with Crippen molar-refractivity contribution in [3.63, 3.8) is 0 Å². The van der Waals surface area contributed by atoms with Gasteiger partial charge in [-0.05, 0) is 22.8 Å². The van der Waals surface area contributed by atoms with Gasteiger partial charge in [-0.1, -0.05) is 54.1 Å². The molecular weight excluding hydrogens is 314 g/mol. The van der Waals surface area contributed by atoms with E-state index in [1.807, 2.05) is 30.3 Å². The Morgan fingerprint density at radius 1 is 0.913 bits per heavy atom. The molecule has 0 saturated heterocycles. The number of nitrogens with two attached hydrogens (primary N) is 1. The molecule has 0 aliphatic rings. The maximum atomic E-state index is 11.8. The number of amides is 2. The van der Waals surface area contributed by atoms with Gasteiger partial charge in [-0.3, -0.25) is 9.59 Å². The Bertz CT molecular complexity index is 704. The molecule has 0 radical (unpaired) electrons. The second kappa shape index (κ2) is 8.31. The van der Waals surface area contributed by atoms with E-state index >= 15 is 0 Å². The summed E-state index contributed by atoms with van der Waals surface area (Å²) in [5.41, 5.74) is 8.18. The van der Waals surface area contributed by atoms with Crippen LogP contribution in [0.5, 0.6) is 0 Å². The van der Waals surface area contributed by atoms with Gasteiger partial charge >= 0.3 is 11.8 Å². The second-order valence-corrected chi connectivity index (χ2v) is 5.39. The van der Waals surface area contributed by atoms with Crippen molar-refractivity contribution in [3.05, 3.63) is 70.2 Å². The molecule has 2 rings (SSSR count). The Labute approximate surface area is 139 Å². The van der Waals surface area contributed by atoms with E-state index < -0.39 is 11.8 Å². The van der Waals surface area contributed by atoms with Gasteiger partial charge < -0.3 is 16.4 Å². The lowest BCUT2D eigenvalue weighted by Crippen LogP contribution is -2.39. The van der Waals surface area contributed by atoms with Gasteiger partial charge in [-0.25, -0.2) is 0 Å². The van der Waals surface area contributed by atoms with Crippen LogP contribution in [0.15, 0.2) is 48.5 Å². The number of carbonyl (C=O) groups is 2. The Morgan fingerprint density at radius 2 is 1.57 bits per heavy atom. The minimum absolute atomic E-state index is 0.203. The molecule has 0 heterocycles. The molecule has 0 saturated carbocycles. The van der Waals surface area contributed by atoms with Crippen molar-refractivity contribution in [2.45, 2.75) is 19.6 Å². The first kappa shape index (κ1) is 17.0. The summed E-state index contributed by atoms with van der Waals surface area (Å²) in [6.45, 7) is 0.904. The largest absolute Gasteiger partial charge is 0.344 e. The molecule has 23 heavy (non-hydrogen) atoms. The van der Waals surface area contributed by atoms with Gasteiger partial charge in [0, 0.05) is 24.7 Å². The zero-order valence-corrected chi connectivity index (χ0v) is 13.3. The summed E-state index contributed by atoms with van der Waals surface area (Å²) in [5, 5.41) is 5.67. The van der Waals surface area contributed by atoms with Crippen LogP contribution in [-0.4, -0.2) is 11.8 Å². The fourth-order valence-electron chi connectivity index (χ4n) is 2.03. The number of hydrogen-bond donors (Lipinski definition) is 3. The predicted molar refractivity (Wildman–Crippen MR) is 89.5 cm³/mol. The third-order valence-corrected chi connectivity index (χ3v) is 3.65. The molecule has 0 atom stereocenters. The highest BCUT2D eigenvalue weighted by atomic mass is 35.5. The summed E-state index contributed by atoms with van der Waals surface area (Å²) < 4.78 is 0. The number of carbonyl (C=O) groups excluding carboxylic acids is 2. The average Bonchev–Trinajstić information content (AvgIpc) is 2.58. The number of nitrogens with one attached hydrogen (secondary N) is 2. The minimum atomic E-state index is -0.695. The van der Waals surface area contributed by atoms with E-state index in [2.05, 4.69) is 10.6 Å². The van der Waals surface area contributed by atoms with Crippen LogP contribution in [0.4, 0.5) is 0 Å². The SMILES string of the molecule is NCc1cccc(CNC(=O)C(=O)NCc2ccccc2Cl)c1. The zero-order chi connectivity index (χ0) is 16.7. The second-order valence-electron chi connectivity index (χ2n) is 4.98. The number of halogens is 1. The van der Waals surface area contributed by atoms with Crippen LogP contribution in [0.1, 0.15) is 16.7 Å². The van der Waals surface area contributed by atoms with Crippen LogP contribution in [0.3, 0.4) is 0 Å². The van der Waals surface area contributed by atoms with E-state index in [-0.39, 0.29) is 13.1 Å². The van der Waals surface area contributed by atoms with Crippen LogP contribution < -0.4 is 16.4 Å². The van der Waals surface area contributed by atoms with Crippen molar-refractivity contribution in [1.82, 2.24) is 10.6 Å². The lowest BCUT2D eigenvalue weighted by molar-refractivity contribution is -0.139. The van der Waals surface area contributed by atoms with Crippen molar-refractivity contribution in [2.75, 3.05) is 0 Å². The molecule has 0 aromatic heterocycles. The molecule has 0 bridgehead atoms. The van der Waals surface area contributed by atoms with E-state index in [1.54, 1.807) is 18.2 Å². The highest BCUT2D eigenvalue weighted by Gasteiger charge is 2.13. The normalized spacial score (nSPS) is 10.2. The smallest absolute Gasteiger partial charge is 0.309 e. The quantitative estimate of drug-likeness (QED) is 0.729. The maximum Gasteiger partial charge on any atom is 0.309 e. The number of hydrogen-bond acceptors (Lipinski definition) is 3. The lowest BCUT2D eigenvalue weighted by Gasteiger charge is -2.08. The molecule has 0 fully saturated rings. The number of benzene rings is 2. The van der Waals surface area contributed by atoms with Gasteiger partial charge in [0.1, 0.15) is 0 Å². The Kier molecular flexibility index (Phi) is 6.14. The summed E-state index contributed by atoms with van der Waals surface area (Å²) in [7, 11) is 0. The van der Waals surface area contributed by atoms with Crippen molar-refractivity contribution in [2.24, 2.45) is 5.73 Å². The molecule has 6 heteroatoms. The zero-order valence-electron chi connectivity index (χ0n) is 12.5. The molecule has 4 N–H and O–H groups in total. The molecule has 2 aromatic rings.